The Balaban J connectivity index is -0.000000902. The molecule has 0 amide bonds. The third kappa shape index (κ3) is 39.3. The average molecular weight is 994 g/mol. The van der Waals surface area contributed by atoms with E-state index >= 15 is 0 Å². The lowest BCUT2D eigenvalue weighted by Crippen LogP contribution is -2.58. The monoisotopic (exact) mass is 992 g/mol. The number of hydrogen-bond acceptors (Lipinski definition) is 12. The maximum atomic E-state index is 7.22. The second kappa shape index (κ2) is 32.8. The molecule has 0 rings (SSSR count). The van der Waals surface area contributed by atoms with Crippen LogP contribution in [0, 0.1) is 0 Å². The van der Waals surface area contributed by atoms with E-state index in [-0.39, 0.29) is 0 Å². The smallest absolute Gasteiger partial charge is 0.316 e. The molecule has 0 saturated heterocycles. The highest BCUT2D eigenvalue weighted by atomic mass is 32.2. The van der Waals surface area contributed by atoms with E-state index in [0.29, 0.717) is 0 Å². The van der Waals surface area contributed by atoms with Crippen molar-refractivity contribution < 1.29 is 25.3 Å². The van der Waals surface area contributed by atoms with Crippen LogP contribution in [0.5, 0.6) is 0 Å². The van der Waals surface area contributed by atoms with E-state index in [1.165, 1.54) is 54.7 Å². The summed E-state index contributed by atoms with van der Waals surface area (Å²) >= 11 is 15.8. The molecule has 0 heterocycles. The van der Waals surface area contributed by atoms with Crippen molar-refractivity contribution in [2.45, 2.75) is 149 Å². The molecule has 0 saturated carbocycles. The molecule has 0 N–H and O–H groups in total. The van der Waals surface area contributed by atoms with E-state index in [1.807, 2.05) is 35.3 Å². The van der Waals surface area contributed by atoms with Gasteiger partial charge in [0.1, 0.15) is 0 Å². The van der Waals surface area contributed by atoms with E-state index in [9.17, 15) is 0 Å². The Morgan fingerprint density at radius 2 is 0.981 bits per heavy atom. The molecule has 0 bridgehead atoms. The van der Waals surface area contributed by atoms with Crippen molar-refractivity contribution in [3.8, 4) is 0 Å². The molecule has 0 aliphatic heterocycles. The van der Waals surface area contributed by atoms with Crippen molar-refractivity contribution >= 4 is 131 Å². The molecule has 0 aromatic rings. The van der Waals surface area contributed by atoms with Crippen LogP contribution >= 0.6 is 72.3 Å². The van der Waals surface area contributed by atoms with Crippen molar-refractivity contribution in [2.24, 2.45) is 0 Å². The lowest BCUT2D eigenvalue weighted by molar-refractivity contribution is 0.167. The number of thioether (sulfide) groups is 4. The summed E-state index contributed by atoms with van der Waals surface area (Å²) in [6.45, 7) is 39.3. The van der Waals surface area contributed by atoms with Crippen molar-refractivity contribution in [3.05, 3.63) is 12.3 Å². The third-order valence-electron chi connectivity index (χ3n) is 7.37. The minimum atomic E-state index is -2.31. The maximum Gasteiger partial charge on any atom is 0.316 e. The van der Waals surface area contributed by atoms with Crippen LogP contribution in [0.15, 0.2) is 12.3 Å². The molecule has 54 heavy (non-hydrogen) atoms. The number of ether oxygens (including phenoxy) is 1. The van der Waals surface area contributed by atoms with Crippen LogP contribution in [-0.4, -0.2) is 118 Å². The molecule has 0 spiro atoms. The lowest BCUT2D eigenvalue weighted by atomic mass is 10.4. The second-order valence-electron chi connectivity index (χ2n) is 17.0. The summed E-state index contributed by atoms with van der Waals surface area (Å²) in [5.41, 5.74) is 2.07. The van der Waals surface area contributed by atoms with Gasteiger partial charge in [-0.3, -0.25) is 0 Å². The number of unbranched alkanes of at least 4 members (excludes halogenated alkanes) is 2. The van der Waals surface area contributed by atoms with Gasteiger partial charge >= 0.3 is 25.7 Å². The summed E-state index contributed by atoms with van der Waals surface area (Å²) in [5, 5.41) is 2.32. The van der Waals surface area contributed by atoms with Gasteiger partial charge in [0.25, 0.3) is 0 Å². The van der Waals surface area contributed by atoms with Crippen LogP contribution < -0.4 is 0 Å². The highest BCUT2D eigenvalue weighted by Gasteiger charge is 2.46. The fourth-order valence-corrected chi connectivity index (χ4v) is 43.9. The highest BCUT2D eigenvalue weighted by Crippen LogP contribution is 2.33. The minimum absolute atomic E-state index is 0.740. The van der Waals surface area contributed by atoms with E-state index in [1.54, 1.807) is 0 Å². The molecule has 0 aliphatic rings. The number of hydrogen-bond donors (Lipinski definition) is 2. The van der Waals surface area contributed by atoms with Gasteiger partial charge in [0.2, 0.25) is 8.32 Å². The first kappa shape index (κ1) is 61.4. The molecule has 0 aromatic carbocycles. The van der Waals surface area contributed by atoms with Crippen molar-refractivity contribution in [1.29, 1.82) is 0 Å². The predicted octanol–water partition coefficient (Wildman–Crippen LogP) is 13.6. The zero-order chi connectivity index (χ0) is 42.6. The van der Waals surface area contributed by atoms with E-state index in [4.69, 9.17) is 25.3 Å². The number of thiol groups is 2. The SMILES string of the molecule is C=C[Si](C)(CCCC)O[Si](C)(C)O[Si](C)(C)C.CCCC[Si](C)(CCSCSC)O[Si](C)(CCSCSC)O[Si](C)(C)O[Si](C)(C)C.SCCOCCS. The van der Waals surface area contributed by atoms with Crippen LogP contribution in [0.4, 0.5) is 0 Å². The Morgan fingerprint density at radius 3 is 1.37 bits per heavy atom. The van der Waals surface area contributed by atoms with Crippen molar-refractivity contribution in [2.75, 3.05) is 58.9 Å². The first-order valence-electron chi connectivity index (χ1n) is 19.8. The topological polar surface area (TPSA) is 55.4 Å². The molecule has 0 aliphatic carbocycles. The van der Waals surface area contributed by atoms with Gasteiger partial charge in [-0.1, -0.05) is 45.2 Å². The molecule has 328 valence electrons. The van der Waals surface area contributed by atoms with Crippen LogP contribution in [0.3, 0.4) is 0 Å². The van der Waals surface area contributed by atoms with Gasteiger partial charge in [-0.05, 0) is 133 Å². The van der Waals surface area contributed by atoms with Gasteiger partial charge in [-0.15, -0.1) is 6.58 Å². The maximum absolute atomic E-state index is 7.22. The second-order valence-corrected chi connectivity index (χ2v) is 50.9. The van der Waals surface area contributed by atoms with Gasteiger partial charge in [0.15, 0.2) is 25.0 Å². The molecule has 6 nitrogen and oxygen atoms in total. The first-order valence-corrected chi connectivity index (χ1v) is 46.7. The highest BCUT2D eigenvalue weighted by molar-refractivity contribution is 8.16. The molecule has 3 atom stereocenters. The summed E-state index contributed by atoms with van der Waals surface area (Å²) in [7, 11) is -13.3. The summed E-state index contributed by atoms with van der Waals surface area (Å²) in [5.74, 6) is 3.94. The average Bonchev–Trinajstić information content (AvgIpc) is 3.01. The molecule has 3 unspecified atom stereocenters. The Labute approximate surface area is 373 Å². The van der Waals surface area contributed by atoms with Gasteiger partial charge in [-0.2, -0.15) is 72.3 Å². The van der Waals surface area contributed by atoms with Gasteiger partial charge in [-0.25, -0.2) is 0 Å². The predicted molar refractivity (Wildman–Crippen MR) is 281 cm³/mol. The van der Waals surface area contributed by atoms with Crippen LogP contribution in [-0.2, 0) is 25.3 Å². The Bertz CT molecular complexity index is 921. The first-order chi connectivity index (χ1) is 24.8. The quantitative estimate of drug-likeness (QED) is 0.0304. The van der Waals surface area contributed by atoms with Crippen LogP contribution in [0.2, 0.25) is 109 Å². The summed E-state index contributed by atoms with van der Waals surface area (Å²) in [6, 6.07) is 4.72. The fourth-order valence-electron chi connectivity index (χ4n) is 5.80. The van der Waals surface area contributed by atoms with E-state index in [0.717, 1.165) is 41.6 Å². The fraction of sp³-hybridized carbons (Fsp3) is 0.943. The van der Waals surface area contributed by atoms with E-state index in [2.05, 4.69) is 161 Å². The summed E-state index contributed by atoms with van der Waals surface area (Å²) in [4.78, 5) is 0. The zero-order valence-corrected chi connectivity index (χ0v) is 50.1. The third-order valence-corrected chi connectivity index (χ3v) is 38.8. The van der Waals surface area contributed by atoms with Gasteiger partial charge in [0.05, 0.1) is 13.2 Å². The van der Waals surface area contributed by atoms with Crippen molar-refractivity contribution in [1.82, 2.24) is 0 Å². The van der Waals surface area contributed by atoms with Gasteiger partial charge in [0, 0.05) is 21.7 Å². The Morgan fingerprint density at radius 1 is 0.556 bits per heavy atom. The summed E-state index contributed by atoms with van der Waals surface area (Å²) in [6.07, 6.45) is 9.32. The minimum Gasteiger partial charge on any atom is -0.437 e. The zero-order valence-electron chi connectivity index (χ0n) is 38.1. The molecular weight excluding hydrogens is 905 g/mol. The van der Waals surface area contributed by atoms with Crippen molar-refractivity contribution in [3.63, 3.8) is 0 Å². The largest absolute Gasteiger partial charge is 0.437 e. The lowest BCUT2D eigenvalue weighted by Gasteiger charge is -2.43. The Kier molecular flexibility index (Phi) is 37.3. The number of rotatable bonds is 31. The molecule has 0 fully saturated rings. The molecule has 0 aromatic heterocycles. The molecule has 19 heteroatoms. The molecular formula is C35H88O6S6Si7. The summed E-state index contributed by atoms with van der Waals surface area (Å²) < 4.78 is 38.4. The normalized spacial score (nSPS) is 15.9. The Hall–Kier alpha value is 3.12. The van der Waals surface area contributed by atoms with E-state index < -0.39 is 59.0 Å². The van der Waals surface area contributed by atoms with Crippen LogP contribution in [0.1, 0.15) is 39.5 Å². The van der Waals surface area contributed by atoms with Gasteiger partial charge < -0.3 is 25.3 Å². The standard InChI is InChI=1S/C19H48O3S4Si4.C12H30O2Si3.C4H10OS2/c1-11-12-15-29(9,16-13-25-18-23-2)22-30(10,17-14-26-19-24-3)21-28(7,8)20-27(4,5)6;1-9-11-12-17(8,10-2)14-16(6,7)13-15(3,4)5;6-3-1-5-2-4-7/h11-19H2,1-10H3;10H,2,9,11-12H2,1,3-8H3;6-7H,1-4H2. The molecule has 0 radical (unpaired) electrons. The van der Waals surface area contributed by atoms with Crippen LogP contribution in [0.25, 0.3) is 0 Å².